The SMILES string of the molecule is Fc1ccc(-c2ccc3ncc(Br)n3n2)c(F)c1. The first-order chi connectivity index (χ1) is 8.65. The van der Waals surface area contributed by atoms with E-state index >= 15 is 0 Å². The number of nitrogens with zero attached hydrogens (tertiary/aromatic N) is 3. The number of benzene rings is 1. The first-order valence-electron chi connectivity index (χ1n) is 5.11. The number of hydrogen-bond acceptors (Lipinski definition) is 2. The molecular weight excluding hydrogens is 304 g/mol. The fraction of sp³-hybridized carbons (Fsp3) is 0. The zero-order valence-electron chi connectivity index (χ0n) is 8.94. The molecule has 0 aliphatic carbocycles. The molecule has 90 valence electrons. The van der Waals surface area contributed by atoms with Crippen molar-refractivity contribution in [2.45, 2.75) is 0 Å². The molecule has 0 radical (unpaired) electrons. The van der Waals surface area contributed by atoms with Crippen molar-refractivity contribution in [3.05, 3.63) is 52.8 Å². The molecule has 0 saturated heterocycles. The lowest BCUT2D eigenvalue weighted by Gasteiger charge is -2.03. The summed E-state index contributed by atoms with van der Waals surface area (Å²) >= 11 is 3.29. The predicted octanol–water partition coefficient (Wildman–Crippen LogP) is 3.44. The van der Waals surface area contributed by atoms with Crippen molar-refractivity contribution in [2.75, 3.05) is 0 Å². The molecule has 0 N–H and O–H groups in total. The molecule has 0 unspecified atom stereocenters. The fourth-order valence-electron chi connectivity index (χ4n) is 1.69. The van der Waals surface area contributed by atoms with Gasteiger partial charge in [-0.25, -0.2) is 18.3 Å². The van der Waals surface area contributed by atoms with Gasteiger partial charge in [-0.15, -0.1) is 0 Å². The second-order valence-electron chi connectivity index (χ2n) is 3.69. The predicted molar refractivity (Wildman–Crippen MR) is 66.0 cm³/mol. The highest BCUT2D eigenvalue weighted by Gasteiger charge is 2.10. The molecule has 2 heterocycles. The molecule has 0 bridgehead atoms. The van der Waals surface area contributed by atoms with Gasteiger partial charge in [0.05, 0.1) is 11.9 Å². The van der Waals surface area contributed by atoms with Crippen LogP contribution >= 0.6 is 15.9 Å². The van der Waals surface area contributed by atoms with Gasteiger partial charge in [0.2, 0.25) is 0 Å². The third-order valence-corrected chi connectivity index (χ3v) is 3.07. The lowest BCUT2D eigenvalue weighted by atomic mass is 10.1. The zero-order valence-corrected chi connectivity index (χ0v) is 10.5. The smallest absolute Gasteiger partial charge is 0.154 e. The maximum Gasteiger partial charge on any atom is 0.154 e. The Morgan fingerprint density at radius 1 is 1.11 bits per heavy atom. The summed E-state index contributed by atoms with van der Waals surface area (Å²) in [6.07, 6.45) is 1.60. The number of rotatable bonds is 1. The number of imidazole rings is 1. The van der Waals surface area contributed by atoms with Crippen LogP contribution in [0.4, 0.5) is 8.78 Å². The highest BCUT2D eigenvalue weighted by molar-refractivity contribution is 9.10. The Morgan fingerprint density at radius 2 is 1.94 bits per heavy atom. The van der Waals surface area contributed by atoms with E-state index < -0.39 is 11.6 Å². The summed E-state index contributed by atoms with van der Waals surface area (Å²) in [4.78, 5) is 4.09. The summed E-state index contributed by atoms with van der Waals surface area (Å²) in [6, 6.07) is 6.77. The maximum atomic E-state index is 13.6. The van der Waals surface area contributed by atoms with Crippen molar-refractivity contribution in [3.63, 3.8) is 0 Å². The summed E-state index contributed by atoms with van der Waals surface area (Å²) in [7, 11) is 0. The van der Waals surface area contributed by atoms with Crippen molar-refractivity contribution >= 4 is 21.6 Å². The summed E-state index contributed by atoms with van der Waals surface area (Å²) in [6.45, 7) is 0. The van der Waals surface area contributed by atoms with E-state index in [0.717, 1.165) is 6.07 Å². The molecule has 0 spiro atoms. The van der Waals surface area contributed by atoms with Crippen LogP contribution in [-0.2, 0) is 0 Å². The van der Waals surface area contributed by atoms with Crippen molar-refractivity contribution in [1.29, 1.82) is 0 Å². The second kappa shape index (κ2) is 4.13. The van der Waals surface area contributed by atoms with E-state index in [0.29, 0.717) is 15.9 Å². The molecule has 0 atom stereocenters. The Balaban J connectivity index is 2.21. The maximum absolute atomic E-state index is 13.6. The van der Waals surface area contributed by atoms with Crippen LogP contribution in [0.25, 0.3) is 16.9 Å². The minimum atomic E-state index is -0.641. The highest BCUT2D eigenvalue weighted by Crippen LogP contribution is 2.22. The summed E-state index contributed by atoms with van der Waals surface area (Å²) in [5, 5.41) is 4.24. The molecule has 2 aromatic heterocycles. The average molecular weight is 310 g/mol. The molecule has 3 nitrogen and oxygen atoms in total. The van der Waals surface area contributed by atoms with E-state index in [1.54, 1.807) is 18.3 Å². The number of halogens is 3. The molecule has 3 aromatic rings. The van der Waals surface area contributed by atoms with Crippen LogP contribution in [0.1, 0.15) is 0 Å². The lowest BCUT2D eigenvalue weighted by Crippen LogP contribution is -1.96. The number of aromatic nitrogens is 3. The molecule has 0 fully saturated rings. The number of fused-ring (bicyclic) bond motifs is 1. The second-order valence-corrected chi connectivity index (χ2v) is 4.51. The monoisotopic (exact) mass is 309 g/mol. The van der Waals surface area contributed by atoms with E-state index in [9.17, 15) is 8.78 Å². The van der Waals surface area contributed by atoms with Gasteiger partial charge in [-0.05, 0) is 40.2 Å². The summed E-state index contributed by atoms with van der Waals surface area (Å²) in [5.74, 6) is -1.25. The molecule has 6 heteroatoms. The van der Waals surface area contributed by atoms with Gasteiger partial charge in [0, 0.05) is 11.6 Å². The van der Waals surface area contributed by atoms with Gasteiger partial charge >= 0.3 is 0 Å². The molecule has 3 rings (SSSR count). The van der Waals surface area contributed by atoms with Gasteiger partial charge in [0.1, 0.15) is 16.2 Å². The van der Waals surface area contributed by atoms with Gasteiger partial charge in [-0.1, -0.05) is 0 Å². The molecule has 0 amide bonds. The molecule has 1 aromatic carbocycles. The molecule has 18 heavy (non-hydrogen) atoms. The standard InChI is InChI=1S/C12H6BrF2N3/c13-11-6-16-12-4-3-10(17-18(11)12)8-2-1-7(14)5-9(8)15/h1-6H. The Hall–Kier alpha value is -1.82. The normalized spacial score (nSPS) is 11.1. The third-order valence-electron chi connectivity index (χ3n) is 2.53. The quantitative estimate of drug-likeness (QED) is 0.689. The average Bonchev–Trinajstić information content (AvgIpc) is 2.71. The zero-order chi connectivity index (χ0) is 12.7. The van der Waals surface area contributed by atoms with E-state index in [4.69, 9.17) is 0 Å². The Bertz CT molecular complexity index is 739. The summed E-state index contributed by atoms with van der Waals surface area (Å²) in [5.41, 5.74) is 1.31. The van der Waals surface area contributed by atoms with Crippen LogP contribution in [0, 0.1) is 11.6 Å². The van der Waals surface area contributed by atoms with Crippen molar-refractivity contribution < 1.29 is 8.78 Å². The van der Waals surface area contributed by atoms with E-state index in [1.165, 1.54) is 16.6 Å². The van der Waals surface area contributed by atoms with Gasteiger partial charge in [-0.3, -0.25) is 0 Å². The molecule has 0 aliphatic rings. The fourth-order valence-corrected chi connectivity index (χ4v) is 2.05. The van der Waals surface area contributed by atoms with Crippen LogP contribution in [0.3, 0.4) is 0 Å². The van der Waals surface area contributed by atoms with Crippen molar-refractivity contribution in [1.82, 2.24) is 14.6 Å². The minimum Gasteiger partial charge on any atom is -0.234 e. The van der Waals surface area contributed by atoms with Crippen LogP contribution in [-0.4, -0.2) is 14.6 Å². The number of hydrogen-bond donors (Lipinski definition) is 0. The Labute approximate surface area is 109 Å². The van der Waals surface area contributed by atoms with E-state index in [1.807, 2.05) is 0 Å². The molecular formula is C12H6BrF2N3. The first-order valence-corrected chi connectivity index (χ1v) is 5.90. The Morgan fingerprint density at radius 3 is 2.72 bits per heavy atom. The summed E-state index contributed by atoms with van der Waals surface area (Å²) < 4.78 is 28.7. The minimum absolute atomic E-state index is 0.249. The van der Waals surface area contributed by atoms with Gasteiger partial charge in [0.25, 0.3) is 0 Å². The Kier molecular flexibility index (Phi) is 2.59. The van der Waals surface area contributed by atoms with Crippen LogP contribution < -0.4 is 0 Å². The van der Waals surface area contributed by atoms with Gasteiger partial charge in [0.15, 0.2) is 5.65 Å². The first kappa shape index (κ1) is 11.3. The topological polar surface area (TPSA) is 30.2 Å². The van der Waals surface area contributed by atoms with Crippen molar-refractivity contribution in [3.8, 4) is 11.3 Å². The largest absolute Gasteiger partial charge is 0.234 e. The lowest BCUT2D eigenvalue weighted by molar-refractivity contribution is 0.585. The van der Waals surface area contributed by atoms with Crippen LogP contribution in [0.2, 0.25) is 0 Å². The van der Waals surface area contributed by atoms with Gasteiger partial charge < -0.3 is 0 Å². The van der Waals surface area contributed by atoms with Crippen LogP contribution in [0.5, 0.6) is 0 Å². The van der Waals surface area contributed by atoms with Crippen LogP contribution in [0.15, 0.2) is 41.1 Å². The molecule has 0 saturated carbocycles. The highest BCUT2D eigenvalue weighted by atomic mass is 79.9. The van der Waals surface area contributed by atoms with Crippen molar-refractivity contribution in [2.24, 2.45) is 0 Å². The third kappa shape index (κ3) is 1.78. The van der Waals surface area contributed by atoms with E-state index in [-0.39, 0.29) is 5.56 Å². The van der Waals surface area contributed by atoms with Gasteiger partial charge in [-0.2, -0.15) is 5.10 Å². The van der Waals surface area contributed by atoms with E-state index in [2.05, 4.69) is 26.0 Å². The molecule has 0 aliphatic heterocycles.